The van der Waals surface area contributed by atoms with Gasteiger partial charge in [0.1, 0.15) is 5.56 Å². The fraction of sp³-hybridized carbons (Fsp3) is 0.636. The molecule has 0 aromatic carbocycles. The van der Waals surface area contributed by atoms with E-state index < -0.39 is 5.63 Å². The number of hydrogen-bond acceptors (Lipinski definition) is 3. The highest BCUT2D eigenvalue weighted by Gasteiger charge is 2.23. The number of amides is 1. The first-order valence-electron chi connectivity index (χ1n) is 5.57. The van der Waals surface area contributed by atoms with Crippen LogP contribution in [0.1, 0.15) is 41.7 Å². The SMILES string of the molecule is Cc1c(C(=O)NC2CCCC2)c(=O)on1C. The molecule has 0 unspecified atom stereocenters. The summed E-state index contributed by atoms with van der Waals surface area (Å²) in [6, 6.07) is 0.214. The summed E-state index contributed by atoms with van der Waals surface area (Å²) in [6.07, 6.45) is 4.30. The lowest BCUT2D eigenvalue weighted by Gasteiger charge is -2.10. The van der Waals surface area contributed by atoms with Gasteiger partial charge in [-0.1, -0.05) is 12.8 Å². The zero-order chi connectivity index (χ0) is 11.7. The Morgan fingerprint density at radius 2 is 2.06 bits per heavy atom. The molecule has 1 aromatic heterocycles. The van der Waals surface area contributed by atoms with Crippen molar-refractivity contribution in [1.29, 1.82) is 0 Å². The Labute approximate surface area is 93.4 Å². The van der Waals surface area contributed by atoms with Crippen LogP contribution in [0.5, 0.6) is 0 Å². The van der Waals surface area contributed by atoms with Gasteiger partial charge in [-0.25, -0.2) is 9.53 Å². The van der Waals surface area contributed by atoms with Gasteiger partial charge < -0.3 is 9.84 Å². The molecule has 5 heteroatoms. The van der Waals surface area contributed by atoms with Crippen LogP contribution in [0, 0.1) is 6.92 Å². The van der Waals surface area contributed by atoms with Crippen molar-refractivity contribution >= 4 is 5.91 Å². The standard InChI is InChI=1S/C11H16N2O3/c1-7-9(11(15)16-13(7)2)10(14)12-8-5-3-4-6-8/h8H,3-6H2,1-2H3,(H,12,14). The molecule has 1 fully saturated rings. The first-order valence-corrected chi connectivity index (χ1v) is 5.57. The zero-order valence-electron chi connectivity index (χ0n) is 9.58. The number of aryl methyl sites for hydroxylation is 1. The van der Waals surface area contributed by atoms with Crippen LogP contribution >= 0.6 is 0 Å². The Kier molecular flexibility index (Phi) is 2.85. The van der Waals surface area contributed by atoms with E-state index in [2.05, 4.69) is 5.32 Å². The van der Waals surface area contributed by atoms with Crippen molar-refractivity contribution in [2.24, 2.45) is 7.05 Å². The minimum absolute atomic E-state index is 0.134. The molecule has 1 aliphatic rings. The van der Waals surface area contributed by atoms with E-state index in [1.165, 1.54) is 4.74 Å². The first kappa shape index (κ1) is 11.0. The summed E-state index contributed by atoms with van der Waals surface area (Å²) in [6.45, 7) is 1.70. The van der Waals surface area contributed by atoms with Gasteiger partial charge in [0, 0.05) is 13.1 Å². The van der Waals surface area contributed by atoms with Crippen molar-refractivity contribution in [2.45, 2.75) is 38.6 Å². The Hall–Kier alpha value is -1.52. The van der Waals surface area contributed by atoms with Crippen LogP contribution in [0.2, 0.25) is 0 Å². The molecule has 88 valence electrons. The van der Waals surface area contributed by atoms with Gasteiger partial charge in [0.25, 0.3) is 5.91 Å². The fourth-order valence-electron chi connectivity index (χ4n) is 2.13. The van der Waals surface area contributed by atoms with Crippen molar-refractivity contribution in [3.8, 4) is 0 Å². The third-order valence-electron chi connectivity index (χ3n) is 3.18. The van der Waals surface area contributed by atoms with Gasteiger partial charge in [0.15, 0.2) is 0 Å². The number of hydrogen-bond donors (Lipinski definition) is 1. The van der Waals surface area contributed by atoms with Crippen molar-refractivity contribution in [2.75, 3.05) is 0 Å². The fourth-order valence-corrected chi connectivity index (χ4v) is 2.13. The van der Waals surface area contributed by atoms with Gasteiger partial charge in [-0.3, -0.25) is 4.79 Å². The Balaban J connectivity index is 2.17. The monoisotopic (exact) mass is 224 g/mol. The van der Waals surface area contributed by atoms with E-state index in [-0.39, 0.29) is 17.5 Å². The first-order chi connectivity index (χ1) is 7.59. The molecule has 1 N–H and O–H groups in total. The van der Waals surface area contributed by atoms with E-state index >= 15 is 0 Å². The van der Waals surface area contributed by atoms with Gasteiger partial charge >= 0.3 is 5.63 Å². The zero-order valence-corrected chi connectivity index (χ0v) is 9.58. The van der Waals surface area contributed by atoms with Crippen LogP contribution in [-0.4, -0.2) is 16.7 Å². The van der Waals surface area contributed by atoms with Crippen LogP contribution in [-0.2, 0) is 7.05 Å². The maximum atomic E-state index is 11.9. The van der Waals surface area contributed by atoms with Crippen LogP contribution in [0.25, 0.3) is 0 Å². The molecule has 5 nitrogen and oxygen atoms in total. The molecule has 1 amide bonds. The topological polar surface area (TPSA) is 64.2 Å². The molecule has 0 aliphatic heterocycles. The maximum absolute atomic E-state index is 11.9. The molecule has 0 bridgehead atoms. The predicted molar refractivity (Wildman–Crippen MR) is 58.4 cm³/mol. The van der Waals surface area contributed by atoms with Crippen molar-refractivity contribution in [3.63, 3.8) is 0 Å². The van der Waals surface area contributed by atoms with Crippen molar-refractivity contribution in [1.82, 2.24) is 10.1 Å². The molecule has 0 spiro atoms. The summed E-state index contributed by atoms with van der Waals surface area (Å²) < 4.78 is 6.16. The molecule has 0 saturated heterocycles. The lowest BCUT2D eigenvalue weighted by Crippen LogP contribution is -2.35. The Morgan fingerprint density at radius 1 is 1.44 bits per heavy atom. The Bertz CT molecular complexity index is 452. The van der Waals surface area contributed by atoms with Gasteiger partial charge in [-0.15, -0.1) is 0 Å². The second kappa shape index (κ2) is 4.15. The van der Waals surface area contributed by atoms with E-state index in [0.717, 1.165) is 25.7 Å². The third-order valence-corrected chi connectivity index (χ3v) is 3.18. The highest BCUT2D eigenvalue weighted by atomic mass is 16.5. The largest absolute Gasteiger partial charge is 0.370 e. The van der Waals surface area contributed by atoms with E-state index in [4.69, 9.17) is 4.52 Å². The highest BCUT2D eigenvalue weighted by Crippen LogP contribution is 2.18. The van der Waals surface area contributed by atoms with Gasteiger partial charge in [-0.05, 0) is 19.8 Å². The second-order valence-corrected chi connectivity index (χ2v) is 4.29. The third kappa shape index (κ3) is 1.89. The minimum atomic E-state index is -0.560. The number of nitrogens with zero attached hydrogens (tertiary/aromatic N) is 1. The summed E-state index contributed by atoms with van der Waals surface area (Å²) in [5, 5.41) is 2.88. The Morgan fingerprint density at radius 3 is 2.56 bits per heavy atom. The van der Waals surface area contributed by atoms with Crippen LogP contribution in [0.3, 0.4) is 0 Å². The molecule has 16 heavy (non-hydrogen) atoms. The molecule has 1 aliphatic carbocycles. The summed E-state index contributed by atoms with van der Waals surface area (Å²) in [5.74, 6) is -0.307. The molecule has 0 atom stereocenters. The number of aromatic nitrogens is 1. The van der Waals surface area contributed by atoms with Crippen molar-refractivity contribution in [3.05, 3.63) is 21.7 Å². The molecular weight excluding hydrogens is 208 g/mol. The summed E-state index contributed by atoms with van der Waals surface area (Å²) in [5.41, 5.74) is 0.144. The van der Waals surface area contributed by atoms with Crippen molar-refractivity contribution < 1.29 is 9.32 Å². The smallest absolute Gasteiger partial charge is 0.349 e. The van der Waals surface area contributed by atoms with Gasteiger partial charge in [0.2, 0.25) is 0 Å². The highest BCUT2D eigenvalue weighted by molar-refractivity contribution is 5.94. The molecule has 0 radical (unpaired) electrons. The van der Waals surface area contributed by atoms with Gasteiger partial charge in [-0.2, -0.15) is 0 Å². The van der Waals surface area contributed by atoms with Crippen LogP contribution in [0.4, 0.5) is 0 Å². The van der Waals surface area contributed by atoms with E-state index in [0.29, 0.717) is 5.69 Å². The molecule has 1 saturated carbocycles. The number of carbonyl (C=O) groups excluding carboxylic acids is 1. The van der Waals surface area contributed by atoms with Gasteiger partial charge in [0.05, 0.1) is 5.69 Å². The maximum Gasteiger partial charge on any atom is 0.370 e. The number of carbonyl (C=O) groups is 1. The van der Waals surface area contributed by atoms with E-state index in [9.17, 15) is 9.59 Å². The molecular formula is C11H16N2O3. The summed E-state index contributed by atoms with van der Waals surface area (Å²) in [7, 11) is 1.61. The van der Waals surface area contributed by atoms with Crippen LogP contribution < -0.4 is 10.9 Å². The van der Waals surface area contributed by atoms with E-state index in [1.807, 2.05) is 0 Å². The van der Waals surface area contributed by atoms with Crippen LogP contribution in [0.15, 0.2) is 9.32 Å². The summed E-state index contributed by atoms with van der Waals surface area (Å²) >= 11 is 0. The molecule has 2 rings (SSSR count). The quantitative estimate of drug-likeness (QED) is 0.813. The molecule has 1 aromatic rings. The predicted octanol–water partition coefficient (Wildman–Crippen LogP) is 0.959. The number of rotatable bonds is 2. The summed E-state index contributed by atoms with van der Waals surface area (Å²) in [4.78, 5) is 23.3. The minimum Gasteiger partial charge on any atom is -0.349 e. The van der Waals surface area contributed by atoms with E-state index in [1.54, 1.807) is 14.0 Å². The number of nitrogens with one attached hydrogen (secondary N) is 1. The molecule has 1 heterocycles. The average Bonchev–Trinajstić information content (AvgIpc) is 2.77. The second-order valence-electron chi connectivity index (χ2n) is 4.29. The normalized spacial score (nSPS) is 16.6. The average molecular weight is 224 g/mol. The lowest BCUT2D eigenvalue weighted by atomic mass is 10.2. The lowest BCUT2D eigenvalue weighted by molar-refractivity contribution is 0.0935.